The zero-order valence-electron chi connectivity index (χ0n) is 11.7. The topological polar surface area (TPSA) is 39.1 Å². The van der Waals surface area contributed by atoms with Crippen molar-refractivity contribution in [2.24, 2.45) is 11.8 Å². The highest BCUT2D eigenvalue weighted by Gasteiger charge is 2.45. The molecule has 3 fully saturated rings. The molecule has 1 saturated heterocycles. The highest BCUT2D eigenvalue weighted by Crippen LogP contribution is 2.38. The Labute approximate surface area is 111 Å². The molecule has 0 bridgehead atoms. The number of hydrogen-bond donors (Lipinski definition) is 1. The Kier molecular flexibility index (Phi) is 3.11. The summed E-state index contributed by atoms with van der Waals surface area (Å²) in [6, 6.07) is 3.87. The Hall–Kier alpha value is -0.590. The van der Waals surface area contributed by atoms with Crippen molar-refractivity contribution in [3.63, 3.8) is 0 Å². The van der Waals surface area contributed by atoms with Crippen molar-refractivity contribution in [2.75, 3.05) is 13.1 Å². The molecule has 100 valence electrons. The van der Waals surface area contributed by atoms with E-state index in [-0.39, 0.29) is 5.54 Å². The number of hydrogen-bond acceptors (Lipinski definition) is 3. The van der Waals surface area contributed by atoms with Gasteiger partial charge in [0.15, 0.2) is 0 Å². The van der Waals surface area contributed by atoms with Crippen molar-refractivity contribution in [3.8, 4) is 6.07 Å². The van der Waals surface area contributed by atoms with E-state index >= 15 is 0 Å². The predicted molar refractivity (Wildman–Crippen MR) is 72.0 cm³/mol. The van der Waals surface area contributed by atoms with E-state index in [2.05, 4.69) is 30.1 Å². The molecule has 18 heavy (non-hydrogen) atoms. The maximum absolute atomic E-state index is 9.53. The molecule has 0 spiro atoms. The van der Waals surface area contributed by atoms with Crippen LogP contribution in [0, 0.1) is 23.2 Å². The maximum atomic E-state index is 9.53. The van der Waals surface area contributed by atoms with Gasteiger partial charge in [0, 0.05) is 25.2 Å². The zero-order valence-corrected chi connectivity index (χ0v) is 11.7. The van der Waals surface area contributed by atoms with Gasteiger partial charge in [-0.05, 0) is 43.9 Å². The van der Waals surface area contributed by atoms with Crippen LogP contribution in [0.4, 0.5) is 0 Å². The number of nitrogens with zero attached hydrogens (tertiary/aromatic N) is 2. The fourth-order valence-electron chi connectivity index (χ4n) is 3.69. The Balaban J connectivity index is 1.62. The number of likely N-dealkylation sites (tertiary alicyclic amines) is 1. The summed E-state index contributed by atoms with van der Waals surface area (Å²) in [5.41, 5.74) is -0.207. The Morgan fingerprint density at radius 1 is 1.17 bits per heavy atom. The monoisotopic (exact) mass is 247 g/mol. The van der Waals surface area contributed by atoms with E-state index in [1.54, 1.807) is 0 Å². The molecule has 1 heterocycles. The molecule has 4 atom stereocenters. The van der Waals surface area contributed by atoms with Crippen molar-refractivity contribution < 1.29 is 0 Å². The van der Waals surface area contributed by atoms with Crippen molar-refractivity contribution in [2.45, 2.75) is 63.6 Å². The highest BCUT2D eigenvalue weighted by molar-refractivity contribution is 5.15. The molecular weight excluding hydrogens is 222 g/mol. The third-order valence-corrected chi connectivity index (χ3v) is 5.29. The summed E-state index contributed by atoms with van der Waals surface area (Å²) in [6.07, 6.45) is 5.83. The first-order chi connectivity index (χ1) is 8.62. The van der Waals surface area contributed by atoms with Crippen molar-refractivity contribution in [1.29, 1.82) is 5.26 Å². The van der Waals surface area contributed by atoms with E-state index in [1.807, 2.05) is 0 Å². The summed E-state index contributed by atoms with van der Waals surface area (Å²) >= 11 is 0. The maximum Gasteiger partial charge on any atom is 0.108 e. The second-order valence-electron chi connectivity index (χ2n) is 6.92. The summed E-state index contributed by atoms with van der Waals surface area (Å²) in [6.45, 7) is 7.19. The summed E-state index contributed by atoms with van der Waals surface area (Å²) in [5, 5.41) is 13.1. The molecular formula is C15H25N3. The first kappa shape index (κ1) is 12.4. The van der Waals surface area contributed by atoms with Gasteiger partial charge in [0.1, 0.15) is 5.54 Å². The van der Waals surface area contributed by atoms with Crippen molar-refractivity contribution >= 4 is 0 Å². The average Bonchev–Trinajstić information content (AvgIpc) is 2.95. The Morgan fingerprint density at radius 2 is 1.83 bits per heavy atom. The van der Waals surface area contributed by atoms with Crippen LogP contribution in [0.1, 0.15) is 46.0 Å². The van der Waals surface area contributed by atoms with E-state index in [0.29, 0.717) is 12.1 Å². The Morgan fingerprint density at radius 3 is 2.39 bits per heavy atom. The molecule has 0 radical (unpaired) electrons. The largest absolute Gasteiger partial charge is 0.300 e. The van der Waals surface area contributed by atoms with Crippen LogP contribution in [0.3, 0.4) is 0 Å². The number of rotatable bonds is 3. The molecule has 1 N–H and O–H groups in total. The standard InChI is InChI=1S/C15H25N3/c1-11-8-18(9-12(11)2)14-5-6-15(7-14,10-16)17-13-3-4-13/h11-14,17H,3-9H2,1-2H3. The first-order valence-electron chi connectivity index (χ1n) is 7.55. The van der Waals surface area contributed by atoms with Gasteiger partial charge in [-0.15, -0.1) is 0 Å². The van der Waals surface area contributed by atoms with Gasteiger partial charge in [0.25, 0.3) is 0 Å². The Bertz CT molecular complexity index is 347. The minimum atomic E-state index is -0.207. The lowest BCUT2D eigenvalue weighted by Crippen LogP contribution is -2.44. The fourth-order valence-corrected chi connectivity index (χ4v) is 3.69. The highest BCUT2D eigenvalue weighted by atomic mass is 15.2. The van der Waals surface area contributed by atoms with E-state index in [4.69, 9.17) is 0 Å². The van der Waals surface area contributed by atoms with Crippen molar-refractivity contribution in [3.05, 3.63) is 0 Å². The van der Waals surface area contributed by atoms with Crippen molar-refractivity contribution in [1.82, 2.24) is 10.2 Å². The predicted octanol–water partition coefficient (Wildman–Crippen LogP) is 2.14. The quantitative estimate of drug-likeness (QED) is 0.830. The summed E-state index contributed by atoms with van der Waals surface area (Å²) < 4.78 is 0. The smallest absolute Gasteiger partial charge is 0.108 e. The SMILES string of the molecule is CC1CN(C2CCC(C#N)(NC3CC3)C2)CC1C. The summed E-state index contributed by atoms with van der Waals surface area (Å²) in [5.74, 6) is 1.64. The lowest BCUT2D eigenvalue weighted by Gasteiger charge is -2.27. The van der Waals surface area contributed by atoms with Crippen LogP contribution in [0.25, 0.3) is 0 Å². The molecule has 3 nitrogen and oxygen atoms in total. The van der Waals surface area contributed by atoms with Crippen LogP contribution in [0.2, 0.25) is 0 Å². The number of nitrogens with one attached hydrogen (secondary N) is 1. The minimum absolute atomic E-state index is 0.207. The fraction of sp³-hybridized carbons (Fsp3) is 0.933. The van der Waals surface area contributed by atoms with Gasteiger partial charge >= 0.3 is 0 Å². The first-order valence-corrected chi connectivity index (χ1v) is 7.55. The summed E-state index contributed by atoms with van der Waals surface area (Å²) in [4.78, 5) is 2.64. The van der Waals surface area contributed by atoms with Crippen LogP contribution in [-0.4, -0.2) is 35.6 Å². The zero-order chi connectivity index (χ0) is 12.8. The molecule has 0 aromatic heterocycles. The lowest BCUT2D eigenvalue weighted by molar-refractivity contribution is 0.226. The van der Waals surface area contributed by atoms with Crippen LogP contribution >= 0.6 is 0 Å². The third-order valence-electron chi connectivity index (χ3n) is 5.29. The van der Waals surface area contributed by atoms with Gasteiger partial charge in [-0.3, -0.25) is 10.2 Å². The van der Waals surface area contributed by atoms with E-state index < -0.39 is 0 Å². The van der Waals surface area contributed by atoms with Crippen LogP contribution < -0.4 is 5.32 Å². The minimum Gasteiger partial charge on any atom is -0.300 e. The molecule has 2 aliphatic carbocycles. The molecule has 0 aromatic rings. The normalized spacial score (nSPS) is 45.3. The van der Waals surface area contributed by atoms with Gasteiger partial charge < -0.3 is 0 Å². The molecule has 3 rings (SSSR count). The van der Waals surface area contributed by atoms with Gasteiger partial charge in [0.2, 0.25) is 0 Å². The molecule has 4 unspecified atom stereocenters. The van der Waals surface area contributed by atoms with Gasteiger partial charge in [-0.2, -0.15) is 5.26 Å². The van der Waals surface area contributed by atoms with E-state index in [1.165, 1.54) is 32.4 Å². The molecule has 3 heteroatoms. The van der Waals surface area contributed by atoms with Crippen LogP contribution in [0.15, 0.2) is 0 Å². The van der Waals surface area contributed by atoms with Gasteiger partial charge in [0.05, 0.1) is 6.07 Å². The molecule has 0 amide bonds. The average molecular weight is 247 g/mol. The molecule has 2 saturated carbocycles. The second-order valence-corrected chi connectivity index (χ2v) is 6.92. The van der Waals surface area contributed by atoms with Gasteiger partial charge in [-0.25, -0.2) is 0 Å². The molecule has 0 aromatic carbocycles. The molecule has 3 aliphatic rings. The number of nitriles is 1. The van der Waals surface area contributed by atoms with Crippen LogP contribution in [-0.2, 0) is 0 Å². The molecule has 1 aliphatic heterocycles. The van der Waals surface area contributed by atoms with E-state index in [0.717, 1.165) is 24.7 Å². The third kappa shape index (κ3) is 2.29. The second kappa shape index (κ2) is 4.51. The van der Waals surface area contributed by atoms with E-state index in [9.17, 15) is 5.26 Å². The van der Waals surface area contributed by atoms with Crippen LogP contribution in [0.5, 0.6) is 0 Å². The lowest BCUT2D eigenvalue weighted by atomic mass is 9.99. The summed E-state index contributed by atoms with van der Waals surface area (Å²) in [7, 11) is 0. The van der Waals surface area contributed by atoms with Gasteiger partial charge in [-0.1, -0.05) is 13.8 Å².